The zero-order valence-corrected chi connectivity index (χ0v) is 29.0. The van der Waals surface area contributed by atoms with Crippen molar-refractivity contribution in [2.45, 2.75) is 192 Å². The Kier molecular flexibility index (Phi) is 21.7. The molecule has 0 bridgehead atoms. The predicted octanol–water partition coefficient (Wildman–Crippen LogP) is 7.85. The van der Waals surface area contributed by atoms with Crippen molar-refractivity contribution in [3.8, 4) is 0 Å². The summed E-state index contributed by atoms with van der Waals surface area (Å²) in [7, 11) is 0. The van der Waals surface area contributed by atoms with Crippen LogP contribution in [0.1, 0.15) is 156 Å². The number of unbranched alkanes of at least 4 members (excludes halogenated alkanes) is 18. The van der Waals surface area contributed by atoms with Crippen LogP contribution in [0, 0.1) is 0 Å². The van der Waals surface area contributed by atoms with E-state index in [0.29, 0.717) is 33.0 Å². The molecular weight excluding hydrogens is 560 g/mol. The van der Waals surface area contributed by atoms with Gasteiger partial charge in [0, 0.05) is 26.4 Å². The number of ether oxygens (including phenoxy) is 6. The largest absolute Gasteiger partial charge is 0.396 e. The minimum absolute atomic E-state index is 0.207. The summed E-state index contributed by atoms with van der Waals surface area (Å²) in [5.74, 6) is -1.35. The highest BCUT2D eigenvalue weighted by Crippen LogP contribution is 2.37. The second kappa shape index (κ2) is 23.9. The lowest BCUT2D eigenvalue weighted by molar-refractivity contribution is -0.176. The molecule has 0 unspecified atom stereocenters. The van der Waals surface area contributed by atoms with Gasteiger partial charge in [-0.1, -0.05) is 103 Å². The highest BCUT2D eigenvalue weighted by atomic mass is 16.8. The summed E-state index contributed by atoms with van der Waals surface area (Å²) in [6.07, 6.45) is 23.0. The quantitative estimate of drug-likeness (QED) is 0.0807. The fourth-order valence-electron chi connectivity index (χ4n) is 6.30. The molecule has 0 amide bonds. The molecule has 0 aromatic heterocycles. The molecule has 4 atom stereocenters. The maximum atomic E-state index is 8.89. The molecular formula is C36H70O8. The van der Waals surface area contributed by atoms with Crippen LogP contribution in [-0.4, -0.2) is 85.8 Å². The summed E-state index contributed by atoms with van der Waals surface area (Å²) >= 11 is 0. The molecule has 2 aliphatic heterocycles. The number of aliphatic hydroxyl groups is 2. The van der Waals surface area contributed by atoms with Crippen LogP contribution >= 0.6 is 0 Å². The van der Waals surface area contributed by atoms with E-state index in [9.17, 15) is 0 Å². The molecule has 2 saturated heterocycles. The van der Waals surface area contributed by atoms with Gasteiger partial charge in [0.25, 0.3) is 0 Å². The molecule has 2 fully saturated rings. The molecule has 8 nitrogen and oxygen atoms in total. The molecule has 0 aliphatic carbocycles. The van der Waals surface area contributed by atoms with Gasteiger partial charge in [-0.05, 0) is 53.4 Å². The summed E-state index contributed by atoms with van der Waals surface area (Å²) in [4.78, 5) is 0. The lowest BCUT2D eigenvalue weighted by Crippen LogP contribution is -2.47. The Hall–Kier alpha value is -0.320. The van der Waals surface area contributed by atoms with Gasteiger partial charge in [-0.15, -0.1) is 0 Å². The summed E-state index contributed by atoms with van der Waals surface area (Å²) in [6, 6.07) is 0. The van der Waals surface area contributed by atoms with Crippen molar-refractivity contribution < 1.29 is 38.6 Å². The molecule has 8 heteroatoms. The third kappa shape index (κ3) is 18.1. The number of rotatable bonds is 29. The van der Waals surface area contributed by atoms with Gasteiger partial charge in [0.1, 0.15) is 24.4 Å². The maximum Gasteiger partial charge on any atom is 0.164 e. The molecule has 262 valence electrons. The SMILES string of the molecule is CC1(C)O[C@H]([C@@H](COCCCCCCCCCCCCO)OCCCCCCCCCCCCO)[C@@H]([C@H]2COC(C)(C)O2)O1. The number of hydrogen-bond acceptors (Lipinski definition) is 8. The molecule has 2 aliphatic rings. The van der Waals surface area contributed by atoms with E-state index >= 15 is 0 Å². The van der Waals surface area contributed by atoms with Crippen LogP contribution in [0.5, 0.6) is 0 Å². The Labute approximate surface area is 270 Å². The van der Waals surface area contributed by atoms with E-state index in [1.165, 1.54) is 89.9 Å². The third-order valence-corrected chi connectivity index (χ3v) is 8.79. The molecule has 44 heavy (non-hydrogen) atoms. The first-order valence-corrected chi connectivity index (χ1v) is 18.4. The monoisotopic (exact) mass is 631 g/mol. The van der Waals surface area contributed by atoms with Gasteiger partial charge < -0.3 is 38.6 Å². The lowest BCUT2D eigenvalue weighted by Gasteiger charge is -2.29. The van der Waals surface area contributed by atoms with Crippen LogP contribution in [0.25, 0.3) is 0 Å². The van der Waals surface area contributed by atoms with Gasteiger partial charge in [0.2, 0.25) is 0 Å². The second-order valence-corrected chi connectivity index (χ2v) is 13.9. The first-order chi connectivity index (χ1) is 21.3. The van der Waals surface area contributed by atoms with Crippen LogP contribution < -0.4 is 0 Å². The van der Waals surface area contributed by atoms with E-state index in [-0.39, 0.29) is 24.4 Å². The van der Waals surface area contributed by atoms with Crippen molar-refractivity contribution in [3.05, 3.63) is 0 Å². The minimum atomic E-state index is -0.718. The zero-order chi connectivity index (χ0) is 31.9. The summed E-state index contributed by atoms with van der Waals surface area (Å²) < 4.78 is 37.6. The summed E-state index contributed by atoms with van der Waals surface area (Å²) in [5.41, 5.74) is 0. The lowest BCUT2D eigenvalue weighted by atomic mass is 10.0. The van der Waals surface area contributed by atoms with Crippen molar-refractivity contribution in [2.24, 2.45) is 0 Å². The standard InChI is InChI=1S/C36H70O8/c1-35(2)41-30-32(42-35)34-33(43-36(3,4)44-34)31(40-28-24-20-16-12-8-6-10-14-18-22-26-38)29-39-27-23-19-15-11-7-5-9-13-17-21-25-37/h31-34,37-38H,5-30H2,1-4H3/t31-,32-,33-,34-/m1/s1. The van der Waals surface area contributed by atoms with Crippen LogP contribution in [-0.2, 0) is 28.4 Å². The van der Waals surface area contributed by atoms with Crippen molar-refractivity contribution >= 4 is 0 Å². The molecule has 0 saturated carbocycles. The summed E-state index contributed by atoms with van der Waals surface area (Å²) in [6.45, 7) is 10.8. The number of aliphatic hydroxyl groups excluding tert-OH is 2. The van der Waals surface area contributed by atoms with Crippen LogP contribution in [0.4, 0.5) is 0 Å². The Morgan fingerprint density at radius 3 is 1.48 bits per heavy atom. The first-order valence-electron chi connectivity index (χ1n) is 18.4. The highest BCUT2D eigenvalue weighted by molar-refractivity contribution is 4.94. The highest BCUT2D eigenvalue weighted by Gasteiger charge is 2.52. The van der Waals surface area contributed by atoms with Crippen molar-refractivity contribution in [3.63, 3.8) is 0 Å². The van der Waals surface area contributed by atoms with Gasteiger partial charge in [0.15, 0.2) is 11.6 Å². The van der Waals surface area contributed by atoms with Gasteiger partial charge in [0.05, 0.1) is 13.2 Å². The van der Waals surface area contributed by atoms with Crippen molar-refractivity contribution in [1.29, 1.82) is 0 Å². The Morgan fingerprint density at radius 2 is 1.02 bits per heavy atom. The second-order valence-electron chi connectivity index (χ2n) is 13.9. The predicted molar refractivity (Wildman–Crippen MR) is 176 cm³/mol. The summed E-state index contributed by atoms with van der Waals surface area (Å²) in [5, 5.41) is 17.8. The normalized spacial score (nSPS) is 23.5. The maximum absolute atomic E-state index is 8.89. The molecule has 0 spiro atoms. The van der Waals surface area contributed by atoms with E-state index in [1.807, 2.05) is 27.7 Å². The third-order valence-electron chi connectivity index (χ3n) is 8.79. The van der Waals surface area contributed by atoms with Gasteiger partial charge >= 0.3 is 0 Å². The fraction of sp³-hybridized carbons (Fsp3) is 1.00. The van der Waals surface area contributed by atoms with E-state index in [1.54, 1.807) is 0 Å². The van der Waals surface area contributed by atoms with E-state index in [0.717, 1.165) is 45.1 Å². The molecule has 0 aromatic carbocycles. The molecule has 2 rings (SSSR count). The van der Waals surface area contributed by atoms with E-state index < -0.39 is 11.6 Å². The minimum Gasteiger partial charge on any atom is -0.396 e. The van der Waals surface area contributed by atoms with Gasteiger partial charge in [-0.2, -0.15) is 0 Å². The molecule has 2 heterocycles. The number of hydrogen-bond donors (Lipinski definition) is 2. The zero-order valence-electron chi connectivity index (χ0n) is 29.0. The van der Waals surface area contributed by atoms with Crippen LogP contribution in [0.2, 0.25) is 0 Å². The van der Waals surface area contributed by atoms with E-state index in [2.05, 4.69) is 0 Å². The topological polar surface area (TPSA) is 95.8 Å². The van der Waals surface area contributed by atoms with Crippen molar-refractivity contribution in [1.82, 2.24) is 0 Å². The average molecular weight is 631 g/mol. The van der Waals surface area contributed by atoms with Crippen LogP contribution in [0.3, 0.4) is 0 Å². The smallest absolute Gasteiger partial charge is 0.164 e. The van der Waals surface area contributed by atoms with Gasteiger partial charge in [-0.25, -0.2) is 0 Å². The molecule has 2 N–H and O–H groups in total. The van der Waals surface area contributed by atoms with Crippen molar-refractivity contribution in [2.75, 3.05) is 39.6 Å². The Bertz CT molecular complexity index is 673. The average Bonchev–Trinajstić information content (AvgIpc) is 3.52. The molecule has 0 aromatic rings. The Morgan fingerprint density at radius 1 is 0.568 bits per heavy atom. The molecule has 0 radical (unpaired) electrons. The van der Waals surface area contributed by atoms with E-state index in [4.69, 9.17) is 38.6 Å². The van der Waals surface area contributed by atoms with Gasteiger partial charge in [-0.3, -0.25) is 0 Å². The Balaban J connectivity index is 1.71. The van der Waals surface area contributed by atoms with Crippen LogP contribution in [0.15, 0.2) is 0 Å². The first kappa shape index (κ1) is 39.9. The fourth-order valence-corrected chi connectivity index (χ4v) is 6.30.